The molecule has 2 bridgehead atoms. The number of nitrogens with zero attached hydrogens (tertiary/aromatic N) is 4. The minimum Gasteiger partial charge on any atom is -0.355 e. The number of rotatable bonds is 7. The fourth-order valence-electron chi connectivity index (χ4n) is 5.29. The van der Waals surface area contributed by atoms with Gasteiger partial charge in [-0.3, -0.25) is 9.89 Å². The number of hydrogen-bond donors (Lipinski definition) is 1. The lowest BCUT2D eigenvalue weighted by Gasteiger charge is -2.42. The van der Waals surface area contributed by atoms with Gasteiger partial charge in [0.1, 0.15) is 0 Å². The highest BCUT2D eigenvalue weighted by molar-refractivity contribution is 7.89. The summed E-state index contributed by atoms with van der Waals surface area (Å²) in [6, 6.07) is 0.806. The van der Waals surface area contributed by atoms with Crippen LogP contribution >= 0.6 is 0 Å². The Morgan fingerprint density at radius 3 is 2.33 bits per heavy atom. The molecular formula is C19H37N5O2S. The van der Waals surface area contributed by atoms with Crippen LogP contribution in [-0.4, -0.2) is 93.1 Å². The fourth-order valence-corrected chi connectivity index (χ4v) is 6.70. The topological polar surface area (TPSA) is 68.2 Å². The molecule has 1 aliphatic heterocycles. The van der Waals surface area contributed by atoms with Crippen LogP contribution in [0.1, 0.15) is 39.5 Å². The SMILES string of the molecule is CCN(CC)S(=O)(=O)CCNC(=NC)N1CCN(C2CC3CCC2C3)CC1. The summed E-state index contributed by atoms with van der Waals surface area (Å²) in [6.45, 7) is 9.33. The van der Waals surface area contributed by atoms with E-state index in [-0.39, 0.29) is 5.75 Å². The molecule has 7 nitrogen and oxygen atoms in total. The zero-order valence-electron chi connectivity index (χ0n) is 17.2. The van der Waals surface area contributed by atoms with E-state index in [9.17, 15) is 8.42 Å². The van der Waals surface area contributed by atoms with Crippen molar-refractivity contribution in [3.05, 3.63) is 0 Å². The fraction of sp³-hybridized carbons (Fsp3) is 0.947. The van der Waals surface area contributed by atoms with Crippen LogP contribution in [0.5, 0.6) is 0 Å². The third kappa shape index (κ3) is 4.77. The summed E-state index contributed by atoms with van der Waals surface area (Å²) < 4.78 is 26.2. The van der Waals surface area contributed by atoms with Crippen LogP contribution < -0.4 is 5.32 Å². The van der Waals surface area contributed by atoms with E-state index in [1.54, 1.807) is 7.05 Å². The van der Waals surface area contributed by atoms with Gasteiger partial charge in [-0.05, 0) is 31.1 Å². The van der Waals surface area contributed by atoms with E-state index >= 15 is 0 Å². The van der Waals surface area contributed by atoms with Crippen LogP contribution in [0, 0.1) is 11.8 Å². The molecule has 27 heavy (non-hydrogen) atoms. The lowest BCUT2D eigenvalue weighted by molar-refractivity contribution is 0.0959. The number of fused-ring (bicyclic) bond motifs is 2. The molecule has 0 aromatic rings. The summed E-state index contributed by atoms with van der Waals surface area (Å²) in [5, 5.41) is 3.26. The molecule has 0 aromatic carbocycles. The second-order valence-corrected chi connectivity index (χ2v) is 10.2. The molecule has 3 aliphatic rings. The standard InChI is InChI=1S/C19H37N5O2S/c1-4-24(5-2)27(25,26)13-8-21-19(20-3)23-11-9-22(10-12-23)18-15-16-6-7-17(18)14-16/h16-18H,4-15H2,1-3H3,(H,20,21). The van der Waals surface area contributed by atoms with Crippen molar-refractivity contribution >= 4 is 16.0 Å². The zero-order chi connectivity index (χ0) is 19.4. The molecule has 3 unspecified atom stereocenters. The Labute approximate surface area is 165 Å². The largest absolute Gasteiger partial charge is 0.355 e. The van der Waals surface area contributed by atoms with Crippen LogP contribution in [0.25, 0.3) is 0 Å². The van der Waals surface area contributed by atoms with Gasteiger partial charge in [-0.2, -0.15) is 0 Å². The Bertz CT molecular complexity index is 612. The van der Waals surface area contributed by atoms with Gasteiger partial charge in [-0.25, -0.2) is 12.7 Å². The van der Waals surface area contributed by atoms with Gasteiger partial charge in [-0.1, -0.05) is 20.3 Å². The minimum absolute atomic E-state index is 0.110. The van der Waals surface area contributed by atoms with Gasteiger partial charge in [0, 0.05) is 58.9 Å². The lowest BCUT2D eigenvalue weighted by atomic mass is 9.93. The highest BCUT2D eigenvalue weighted by Gasteiger charge is 2.42. The Kier molecular flexibility index (Phi) is 7.03. The predicted molar refractivity (Wildman–Crippen MR) is 110 cm³/mol. The molecule has 0 radical (unpaired) electrons. The number of aliphatic imine (C=N–C) groups is 1. The zero-order valence-corrected chi connectivity index (χ0v) is 18.0. The summed E-state index contributed by atoms with van der Waals surface area (Å²) >= 11 is 0. The van der Waals surface area contributed by atoms with E-state index in [2.05, 4.69) is 20.1 Å². The van der Waals surface area contributed by atoms with E-state index in [1.807, 2.05) is 13.8 Å². The van der Waals surface area contributed by atoms with Crippen molar-refractivity contribution in [1.82, 2.24) is 19.4 Å². The Hall–Kier alpha value is -0.860. The molecule has 3 rings (SSSR count). The van der Waals surface area contributed by atoms with Gasteiger partial charge in [0.2, 0.25) is 10.0 Å². The van der Waals surface area contributed by atoms with Crippen molar-refractivity contribution in [2.24, 2.45) is 16.8 Å². The summed E-state index contributed by atoms with van der Waals surface area (Å²) in [4.78, 5) is 9.35. The maximum absolute atomic E-state index is 12.3. The molecular weight excluding hydrogens is 362 g/mol. The summed E-state index contributed by atoms with van der Waals surface area (Å²) in [6.07, 6.45) is 5.74. The van der Waals surface area contributed by atoms with Crippen molar-refractivity contribution in [1.29, 1.82) is 0 Å². The summed E-state index contributed by atoms with van der Waals surface area (Å²) in [5.41, 5.74) is 0. The van der Waals surface area contributed by atoms with Crippen LogP contribution in [0.4, 0.5) is 0 Å². The Balaban J connectivity index is 1.44. The van der Waals surface area contributed by atoms with Gasteiger partial charge in [0.05, 0.1) is 5.75 Å². The average Bonchev–Trinajstić information content (AvgIpc) is 3.30. The van der Waals surface area contributed by atoms with Crippen LogP contribution in [0.2, 0.25) is 0 Å². The molecule has 0 spiro atoms. The van der Waals surface area contributed by atoms with Crippen LogP contribution in [0.3, 0.4) is 0 Å². The number of sulfonamides is 1. The molecule has 156 valence electrons. The van der Waals surface area contributed by atoms with Crippen molar-refractivity contribution in [2.75, 3.05) is 58.6 Å². The quantitative estimate of drug-likeness (QED) is 0.512. The van der Waals surface area contributed by atoms with E-state index in [0.29, 0.717) is 19.6 Å². The second-order valence-electron chi connectivity index (χ2n) is 8.14. The molecule has 0 amide bonds. The molecule has 3 atom stereocenters. The predicted octanol–water partition coefficient (Wildman–Crippen LogP) is 1.04. The molecule has 0 aromatic heterocycles. The third-order valence-corrected chi connectivity index (χ3v) is 8.76. The molecule has 1 heterocycles. The summed E-state index contributed by atoms with van der Waals surface area (Å²) in [5.74, 6) is 2.86. The van der Waals surface area contributed by atoms with Gasteiger partial charge < -0.3 is 10.2 Å². The number of nitrogens with one attached hydrogen (secondary N) is 1. The first kappa shape index (κ1) is 20.9. The maximum Gasteiger partial charge on any atom is 0.215 e. The molecule has 2 saturated carbocycles. The maximum atomic E-state index is 12.3. The van der Waals surface area contributed by atoms with Crippen molar-refractivity contribution in [3.63, 3.8) is 0 Å². The first-order valence-electron chi connectivity index (χ1n) is 10.7. The van der Waals surface area contributed by atoms with Gasteiger partial charge in [0.25, 0.3) is 0 Å². The Morgan fingerprint density at radius 2 is 1.81 bits per heavy atom. The van der Waals surface area contributed by atoms with Crippen molar-refractivity contribution in [2.45, 2.75) is 45.6 Å². The molecule has 2 aliphatic carbocycles. The monoisotopic (exact) mass is 399 g/mol. The summed E-state index contributed by atoms with van der Waals surface area (Å²) in [7, 11) is -1.41. The molecule has 8 heteroatoms. The van der Waals surface area contributed by atoms with Crippen molar-refractivity contribution < 1.29 is 8.42 Å². The third-order valence-electron chi connectivity index (χ3n) is 6.74. The van der Waals surface area contributed by atoms with Gasteiger partial charge in [0.15, 0.2) is 5.96 Å². The number of hydrogen-bond acceptors (Lipinski definition) is 4. The van der Waals surface area contributed by atoms with E-state index in [0.717, 1.165) is 50.0 Å². The first-order valence-corrected chi connectivity index (χ1v) is 12.3. The first-order chi connectivity index (χ1) is 13.0. The highest BCUT2D eigenvalue weighted by Crippen LogP contribution is 2.46. The number of guanidine groups is 1. The van der Waals surface area contributed by atoms with E-state index in [1.165, 1.54) is 30.0 Å². The highest BCUT2D eigenvalue weighted by atomic mass is 32.2. The average molecular weight is 400 g/mol. The minimum atomic E-state index is -3.19. The van der Waals surface area contributed by atoms with Gasteiger partial charge >= 0.3 is 0 Å². The lowest BCUT2D eigenvalue weighted by Crippen LogP contribution is -2.56. The normalized spacial score (nSPS) is 29.7. The molecule has 1 N–H and O–H groups in total. The van der Waals surface area contributed by atoms with Crippen LogP contribution in [0.15, 0.2) is 4.99 Å². The van der Waals surface area contributed by atoms with Crippen LogP contribution in [-0.2, 0) is 10.0 Å². The molecule has 1 saturated heterocycles. The number of piperazine rings is 1. The van der Waals surface area contributed by atoms with E-state index < -0.39 is 10.0 Å². The van der Waals surface area contributed by atoms with Crippen molar-refractivity contribution in [3.8, 4) is 0 Å². The smallest absolute Gasteiger partial charge is 0.215 e. The Morgan fingerprint density at radius 1 is 1.11 bits per heavy atom. The molecule has 3 fully saturated rings. The van der Waals surface area contributed by atoms with Gasteiger partial charge in [-0.15, -0.1) is 0 Å². The van der Waals surface area contributed by atoms with E-state index in [4.69, 9.17) is 0 Å². The second kappa shape index (κ2) is 9.09.